The van der Waals surface area contributed by atoms with Crippen LogP contribution in [0.1, 0.15) is 31.4 Å². The fraction of sp³-hybridized carbons (Fsp3) is 0.526. The molecule has 1 aromatic heterocycles. The van der Waals surface area contributed by atoms with Crippen LogP contribution in [0.2, 0.25) is 0 Å². The van der Waals surface area contributed by atoms with E-state index in [1.54, 1.807) is 6.07 Å². The molecule has 1 heterocycles. The summed E-state index contributed by atoms with van der Waals surface area (Å²) in [7, 11) is 4.04. The van der Waals surface area contributed by atoms with Gasteiger partial charge in [0, 0.05) is 24.5 Å². The number of benzene rings is 1. The van der Waals surface area contributed by atoms with Gasteiger partial charge in [0.1, 0.15) is 0 Å². The first kappa shape index (κ1) is 17.6. The number of hydrogen-bond acceptors (Lipinski definition) is 4. The van der Waals surface area contributed by atoms with Gasteiger partial charge in [0.05, 0.1) is 17.5 Å². The molecule has 1 saturated carbocycles. The maximum Gasteiger partial charge on any atom is 0.272 e. The molecule has 1 N–H and O–H groups in total. The summed E-state index contributed by atoms with van der Waals surface area (Å²) in [5, 5.41) is 8.02. The van der Waals surface area contributed by atoms with Crippen molar-refractivity contribution in [2.45, 2.75) is 38.1 Å². The lowest BCUT2D eigenvalue weighted by Crippen LogP contribution is -2.43. The van der Waals surface area contributed by atoms with Crippen molar-refractivity contribution in [1.29, 1.82) is 0 Å². The molecule has 6 heteroatoms. The number of fused-ring (bicyclic) bond motifs is 1. The fourth-order valence-corrected chi connectivity index (χ4v) is 3.59. The molecule has 134 valence electrons. The number of aromatic nitrogens is 2. The molecule has 0 atom stereocenters. The normalized spacial score (nSPS) is 15.2. The van der Waals surface area contributed by atoms with Crippen molar-refractivity contribution in [3.05, 3.63) is 40.3 Å². The number of H-pyrrole nitrogens is 1. The Labute approximate surface area is 147 Å². The zero-order valence-electron chi connectivity index (χ0n) is 15.0. The molecule has 0 aliphatic heterocycles. The van der Waals surface area contributed by atoms with Crippen LogP contribution >= 0.6 is 0 Å². The molecule has 2 aromatic rings. The van der Waals surface area contributed by atoms with Crippen LogP contribution < -0.4 is 5.56 Å². The molecule has 0 spiro atoms. The standard InChI is InChI=1S/C19H26N4O2/c1-22(2)11-12-23(14-7-3-4-8-14)18(24)13-17-15-9-5-6-10-16(15)19(25)21-20-17/h5-6,9-10,14H,3-4,7-8,11-13H2,1-2H3,(H,21,25). The van der Waals surface area contributed by atoms with Crippen molar-refractivity contribution >= 4 is 16.7 Å². The average molecular weight is 342 g/mol. The van der Waals surface area contributed by atoms with Gasteiger partial charge < -0.3 is 9.80 Å². The minimum absolute atomic E-state index is 0.0958. The Kier molecular flexibility index (Phi) is 5.48. The number of carbonyl (C=O) groups is 1. The molecule has 0 saturated heterocycles. The summed E-state index contributed by atoms with van der Waals surface area (Å²) in [6, 6.07) is 7.66. The highest BCUT2D eigenvalue weighted by Gasteiger charge is 2.27. The third-order valence-corrected chi connectivity index (χ3v) is 4.97. The predicted octanol–water partition coefficient (Wildman–Crippen LogP) is 1.80. The first-order chi connectivity index (χ1) is 12.1. The van der Waals surface area contributed by atoms with Crippen LogP contribution in [0.4, 0.5) is 0 Å². The number of aromatic amines is 1. The summed E-state index contributed by atoms with van der Waals surface area (Å²) in [5.41, 5.74) is 0.431. The molecule has 0 radical (unpaired) electrons. The lowest BCUT2D eigenvalue weighted by Gasteiger charge is -2.30. The second kappa shape index (κ2) is 7.78. The van der Waals surface area contributed by atoms with Gasteiger partial charge in [-0.15, -0.1) is 0 Å². The third kappa shape index (κ3) is 4.07. The highest BCUT2D eigenvalue weighted by atomic mass is 16.2. The van der Waals surface area contributed by atoms with Crippen molar-refractivity contribution in [1.82, 2.24) is 20.0 Å². The summed E-state index contributed by atoms with van der Waals surface area (Å²) in [6.45, 7) is 1.58. The SMILES string of the molecule is CN(C)CCN(C(=O)Cc1n[nH]c(=O)c2ccccc12)C1CCCC1. The Morgan fingerprint density at radius 1 is 1.16 bits per heavy atom. The summed E-state index contributed by atoms with van der Waals surface area (Å²) >= 11 is 0. The number of rotatable bonds is 6. The van der Waals surface area contributed by atoms with Crippen LogP contribution in [-0.4, -0.2) is 59.1 Å². The van der Waals surface area contributed by atoms with Crippen molar-refractivity contribution < 1.29 is 4.79 Å². The van der Waals surface area contributed by atoms with E-state index in [9.17, 15) is 9.59 Å². The smallest absolute Gasteiger partial charge is 0.272 e. The number of carbonyl (C=O) groups excluding carboxylic acids is 1. The van der Waals surface area contributed by atoms with E-state index in [0.29, 0.717) is 17.1 Å². The van der Waals surface area contributed by atoms with Crippen molar-refractivity contribution in [3.8, 4) is 0 Å². The summed E-state index contributed by atoms with van der Waals surface area (Å²) in [5.74, 6) is 0.0958. The van der Waals surface area contributed by atoms with E-state index >= 15 is 0 Å². The molecule has 1 fully saturated rings. The molecule has 1 aromatic carbocycles. The number of amides is 1. The van der Waals surface area contributed by atoms with Gasteiger partial charge >= 0.3 is 0 Å². The Bertz CT molecular complexity index is 793. The third-order valence-electron chi connectivity index (χ3n) is 4.97. The fourth-order valence-electron chi connectivity index (χ4n) is 3.59. The molecule has 1 aliphatic rings. The van der Waals surface area contributed by atoms with E-state index in [-0.39, 0.29) is 17.9 Å². The van der Waals surface area contributed by atoms with Crippen molar-refractivity contribution in [2.75, 3.05) is 27.2 Å². The minimum atomic E-state index is -0.216. The first-order valence-corrected chi connectivity index (χ1v) is 8.97. The molecule has 1 amide bonds. The van der Waals surface area contributed by atoms with E-state index in [1.807, 2.05) is 37.2 Å². The lowest BCUT2D eigenvalue weighted by atomic mass is 10.1. The van der Waals surface area contributed by atoms with Gasteiger partial charge in [0.2, 0.25) is 5.91 Å². The molecule has 1 aliphatic carbocycles. The van der Waals surface area contributed by atoms with Crippen LogP contribution in [0, 0.1) is 0 Å². The number of nitrogens with one attached hydrogen (secondary N) is 1. The number of nitrogens with zero attached hydrogens (tertiary/aromatic N) is 3. The average Bonchev–Trinajstić information content (AvgIpc) is 3.12. The van der Waals surface area contributed by atoms with E-state index in [4.69, 9.17) is 0 Å². The van der Waals surface area contributed by atoms with Gasteiger partial charge in [0.15, 0.2) is 0 Å². The Balaban J connectivity index is 1.83. The van der Waals surface area contributed by atoms with Gasteiger partial charge in [-0.3, -0.25) is 9.59 Å². The highest BCUT2D eigenvalue weighted by molar-refractivity contribution is 5.88. The highest BCUT2D eigenvalue weighted by Crippen LogP contribution is 2.24. The van der Waals surface area contributed by atoms with Crippen LogP contribution in [-0.2, 0) is 11.2 Å². The zero-order valence-corrected chi connectivity index (χ0v) is 15.0. The van der Waals surface area contributed by atoms with E-state index in [1.165, 1.54) is 12.8 Å². The number of hydrogen-bond donors (Lipinski definition) is 1. The maximum atomic E-state index is 13.0. The van der Waals surface area contributed by atoms with Crippen LogP contribution in [0.15, 0.2) is 29.1 Å². The Morgan fingerprint density at radius 3 is 2.52 bits per heavy atom. The molecule has 3 rings (SSSR count). The van der Waals surface area contributed by atoms with Gasteiger partial charge in [-0.1, -0.05) is 31.0 Å². The zero-order chi connectivity index (χ0) is 17.8. The lowest BCUT2D eigenvalue weighted by molar-refractivity contribution is -0.132. The first-order valence-electron chi connectivity index (χ1n) is 8.97. The number of likely N-dealkylation sites (N-methyl/N-ethyl adjacent to an activating group) is 1. The second-order valence-corrected chi connectivity index (χ2v) is 7.05. The Morgan fingerprint density at radius 2 is 1.84 bits per heavy atom. The van der Waals surface area contributed by atoms with Gasteiger partial charge in [0.25, 0.3) is 5.56 Å². The molecule has 6 nitrogen and oxygen atoms in total. The summed E-state index contributed by atoms with van der Waals surface area (Å²) in [6.07, 6.45) is 4.77. The molecule has 0 bridgehead atoms. The molecular weight excluding hydrogens is 316 g/mol. The van der Waals surface area contributed by atoms with Crippen LogP contribution in [0.5, 0.6) is 0 Å². The minimum Gasteiger partial charge on any atom is -0.338 e. The summed E-state index contributed by atoms with van der Waals surface area (Å²) < 4.78 is 0. The van der Waals surface area contributed by atoms with Gasteiger partial charge in [-0.25, -0.2) is 5.10 Å². The molecular formula is C19H26N4O2. The van der Waals surface area contributed by atoms with Crippen LogP contribution in [0.25, 0.3) is 10.8 Å². The van der Waals surface area contributed by atoms with Crippen LogP contribution in [0.3, 0.4) is 0 Å². The topological polar surface area (TPSA) is 69.3 Å². The van der Waals surface area contributed by atoms with Crippen molar-refractivity contribution in [3.63, 3.8) is 0 Å². The van der Waals surface area contributed by atoms with Gasteiger partial charge in [-0.05, 0) is 33.0 Å². The predicted molar refractivity (Wildman–Crippen MR) is 98.6 cm³/mol. The van der Waals surface area contributed by atoms with E-state index in [2.05, 4.69) is 15.1 Å². The van der Waals surface area contributed by atoms with E-state index < -0.39 is 0 Å². The monoisotopic (exact) mass is 342 g/mol. The summed E-state index contributed by atoms with van der Waals surface area (Å²) in [4.78, 5) is 29.1. The second-order valence-electron chi connectivity index (χ2n) is 7.05. The van der Waals surface area contributed by atoms with Crippen molar-refractivity contribution in [2.24, 2.45) is 0 Å². The quantitative estimate of drug-likeness (QED) is 0.869. The van der Waals surface area contributed by atoms with E-state index in [0.717, 1.165) is 31.3 Å². The maximum absolute atomic E-state index is 13.0. The Hall–Kier alpha value is -2.21. The molecule has 25 heavy (non-hydrogen) atoms. The van der Waals surface area contributed by atoms with Gasteiger partial charge in [-0.2, -0.15) is 5.10 Å². The largest absolute Gasteiger partial charge is 0.338 e. The molecule has 0 unspecified atom stereocenters.